The minimum absolute atomic E-state index is 0.0730. The highest BCUT2D eigenvalue weighted by Crippen LogP contribution is 2.24. The van der Waals surface area contributed by atoms with E-state index in [0.29, 0.717) is 18.7 Å². The molecule has 0 saturated carbocycles. The van der Waals surface area contributed by atoms with Crippen LogP contribution in [0.2, 0.25) is 0 Å². The van der Waals surface area contributed by atoms with Gasteiger partial charge in [-0.2, -0.15) is 11.8 Å². The van der Waals surface area contributed by atoms with Gasteiger partial charge in [-0.25, -0.2) is 9.59 Å². The molecule has 38 heavy (non-hydrogen) atoms. The van der Waals surface area contributed by atoms with Gasteiger partial charge in [-0.3, -0.25) is 14.6 Å². The molecule has 2 aromatic rings. The maximum Gasteiger partial charge on any atom is 0.339 e. The Morgan fingerprint density at radius 2 is 1.74 bits per heavy atom. The van der Waals surface area contributed by atoms with Crippen LogP contribution in [0.25, 0.3) is 10.8 Å². The number of likely N-dealkylation sites (tertiary alicyclic amines) is 1. The molecule has 1 saturated heterocycles. The number of thioether (sulfide) groups is 1. The Kier molecular flexibility index (Phi) is 11.0. The highest BCUT2D eigenvalue weighted by Gasteiger charge is 2.38. The van der Waals surface area contributed by atoms with Gasteiger partial charge in [-0.15, -0.1) is 0 Å². The van der Waals surface area contributed by atoms with Crippen molar-refractivity contribution in [3.05, 3.63) is 48.0 Å². The monoisotopic (exact) mass is 543 g/mol. The van der Waals surface area contributed by atoms with E-state index in [9.17, 15) is 14.4 Å². The lowest BCUT2D eigenvalue weighted by molar-refractivity contribution is -0.170. The first-order valence-electron chi connectivity index (χ1n) is 13.2. The van der Waals surface area contributed by atoms with E-state index in [-0.39, 0.29) is 18.4 Å². The molecule has 2 atom stereocenters. The Morgan fingerprint density at radius 3 is 2.39 bits per heavy atom. The summed E-state index contributed by atoms with van der Waals surface area (Å²) < 4.78 is 10.8. The molecule has 1 amide bonds. The van der Waals surface area contributed by atoms with Crippen molar-refractivity contribution in [3.63, 3.8) is 0 Å². The number of benzene rings is 2. The van der Waals surface area contributed by atoms with Gasteiger partial charge >= 0.3 is 11.9 Å². The summed E-state index contributed by atoms with van der Waals surface area (Å²) in [5.74, 6) is -0.487. The zero-order chi connectivity index (χ0) is 27.7. The van der Waals surface area contributed by atoms with Crippen molar-refractivity contribution in [1.29, 1.82) is 0 Å². The van der Waals surface area contributed by atoms with Crippen LogP contribution in [0.4, 0.5) is 0 Å². The summed E-state index contributed by atoms with van der Waals surface area (Å²) in [6.45, 7) is 7.33. The van der Waals surface area contributed by atoms with Gasteiger partial charge in [0.2, 0.25) is 5.91 Å². The summed E-state index contributed by atoms with van der Waals surface area (Å²) in [6, 6.07) is 13.4. The summed E-state index contributed by atoms with van der Waals surface area (Å²) in [6.07, 6.45) is 3.64. The summed E-state index contributed by atoms with van der Waals surface area (Å²) in [4.78, 5) is 43.3. The van der Waals surface area contributed by atoms with E-state index in [4.69, 9.17) is 9.47 Å². The molecule has 0 spiro atoms. The van der Waals surface area contributed by atoms with Crippen LogP contribution in [0, 0.1) is 0 Å². The normalized spacial score (nSPS) is 15.8. The number of amides is 1. The number of carbonyl (C=O) groups is 3. The van der Waals surface area contributed by atoms with Gasteiger partial charge < -0.3 is 14.8 Å². The number of hydrogen-bond acceptors (Lipinski definition) is 8. The molecule has 1 fully saturated rings. The molecule has 2 unspecified atom stereocenters. The fourth-order valence-electron chi connectivity index (χ4n) is 4.80. The summed E-state index contributed by atoms with van der Waals surface area (Å²) >= 11 is 1.60. The van der Waals surface area contributed by atoms with Gasteiger partial charge in [0.25, 0.3) is 0 Å². The second-order valence-electron chi connectivity index (χ2n) is 10.6. The van der Waals surface area contributed by atoms with Gasteiger partial charge in [0.05, 0.1) is 13.7 Å². The highest BCUT2D eigenvalue weighted by molar-refractivity contribution is 7.98. The average Bonchev–Trinajstić information content (AvgIpc) is 3.39. The molecule has 3 rings (SSSR count). The zero-order valence-electron chi connectivity index (χ0n) is 23.2. The second-order valence-corrected chi connectivity index (χ2v) is 11.6. The topological polar surface area (TPSA) is 88.2 Å². The van der Waals surface area contributed by atoms with Crippen molar-refractivity contribution in [2.24, 2.45) is 0 Å². The predicted molar refractivity (Wildman–Crippen MR) is 152 cm³/mol. The number of esters is 2. The molecular weight excluding hydrogens is 502 g/mol. The lowest BCUT2D eigenvalue weighted by atomic mass is 10.0. The van der Waals surface area contributed by atoms with Crippen LogP contribution in [0.5, 0.6) is 0 Å². The smallest absolute Gasteiger partial charge is 0.339 e. The van der Waals surface area contributed by atoms with Crippen LogP contribution in [-0.2, 0) is 30.4 Å². The first kappa shape index (κ1) is 29.9. The Hall–Kier alpha value is -2.62. The molecule has 1 aliphatic heterocycles. The standard InChI is InChI=1S/C29H41N3O5S/c1-29(2,3)37-28(35)26(31-16-8-9-17-31)32(19-22-13-10-12-21-11-6-7-14-23(21)22)20-25(33)30-24(15-18-38-5)27(34)36-4/h6-7,10-14,24,26H,8-9,15-20H2,1-5H3,(H,30,33). The molecule has 1 N–H and O–H groups in total. The second kappa shape index (κ2) is 14.0. The van der Waals surface area contributed by atoms with E-state index in [0.717, 1.165) is 42.3 Å². The van der Waals surface area contributed by atoms with Gasteiger partial charge in [-0.1, -0.05) is 42.5 Å². The van der Waals surface area contributed by atoms with E-state index in [2.05, 4.69) is 28.4 Å². The minimum Gasteiger partial charge on any atom is -0.467 e. The molecule has 9 heteroatoms. The number of carbonyl (C=O) groups excluding carboxylic acids is 3. The number of ether oxygens (including phenoxy) is 2. The predicted octanol–water partition coefficient (Wildman–Crippen LogP) is 3.82. The van der Waals surface area contributed by atoms with Crippen LogP contribution >= 0.6 is 11.8 Å². The summed E-state index contributed by atoms with van der Waals surface area (Å²) in [7, 11) is 1.32. The molecule has 208 valence electrons. The highest BCUT2D eigenvalue weighted by atomic mass is 32.2. The zero-order valence-corrected chi connectivity index (χ0v) is 24.0. The fraction of sp³-hybridized carbons (Fsp3) is 0.552. The molecular formula is C29H41N3O5S. The molecule has 0 aromatic heterocycles. The van der Waals surface area contributed by atoms with Gasteiger partial charge in [0.1, 0.15) is 11.6 Å². The van der Waals surface area contributed by atoms with Crippen molar-refractivity contribution in [2.75, 3.05) is 38.8 Å². The third kappa shape index (κ3) is 8.44. The minimum atomic E-state index is -0.744. The Morgan fingerprint density at radius 1 is 1.05 bits per heavy atom. The molecule has 1 aliphatic rings. The van der Waals surface area contributed by atoms with E-state index >= 15 is 0 Å². The Bertz CT molecular complexity index is 1090. The molecule has 0 aliphatic carbocycles. The van der Waals surface area contributed by atoms with E-state index in [1.807, 2.05) is 56.2 Å². The van der Waals surface area contributed by atoms with E-state index < -0.39 is 23.8 Å². The lowest BCUT2D eigenvalue weighted by Crippen LogP contribution is -2.56. The van der Waals surface area contributed by atoms with Crippen LogP contribution in [-0.4, -0.2) is 84.2 Å². The third-order valence-electron chi connectivity index (χ3n) is 6.48. The Balaban J connectivity index is 1.95. The Labute approximate surface area is 230 Å². The third-order valence-corrected chi connectivity index (χ3v) is 7.13. The number of nitrogens with one attached hydrogen (secondary N) is 1. The largest absolute Gasteiger partial charge is 0.467 e. The van der Waals surface area contributed by atoms with Crippen molar-refractivity contribution >= 4 is 40.4 Å². The van der Waals surface area contributed by atoms with E-state index in [1.54, 1.807) is 11.8 Å². The van der Waals surface area contributed by atoms with Crippen molar-refractivity contribution in [2.45, 2.75) is 64.4 Å². The number of fused-ring (bicyclic) bond motifs is 1. The number of nitrogens with zero attached hydrogens (tertiary/aromatic N) is 2. The molecule has 1 heterocycles. The van der Waals surface area contributed by atoms with Crippen LogP contribution in [0.15, 0.2) is 42.5 Å². The van der Waals surface area contributed by atoms with Crippen molar-refractivity contribution < 1.29 is 23.9 Å². The van der Waals surface area contributed by atoms with Gasteiger partial charge in [0.15, 0.2) is 6.17 Å². The number of methoxy groups -OCH3 is 1. The van der Waals surface area contributed by atoms with Gasteiger partial charge in [-0.05, 0) is 68.4 Å². The molecule has 2 aromatic carbocycles. The molecule has 0 radical (unpaired) electrons. The maximum absolute atomic E-state index is 13.6. The van der Waals surface area contributed by atoms with Gasteiger partial charge in [0, 0.05) is 19.6 Å². The summed E-state index contributed by atoms with van der Waals surface area (Å²) in [5.41, 5.74) is 0.339. The molecule has 8 nitrogen and oxygen atoms in total. The summed E-state index contributed by atoms with van der Waals surface area (Å²) in [5, 5.41) is 5.01. The SMILES string of the molecule is COC(=O)C(CCSC)NC(=O)CN(Cc1cccc2ccccc12)C(C(=O)OC(C)(C)C)N1CCCC1. The number of rotatable bonds is 12. The quantitative estimate of drug-likeness (QED) is 0.405. The first-order valence-corrected chi connectivity index (χ1v) is 14.6. The average molecular weight is 544 g/mol. The van der Waals surface area contributed by atoms with Crippen LogP contribution in [0.1, 0.15) is 45.6 Å². The van der Waals surface area contributed by atoms with E-state index in [1.165, 1.54) is 7.11 Å². The maximum atomic E-state index is 13.6. The van der Waals surface area contributed by atoms with Crippen molar-refractivity contribution in [1.82, 2.24) is 15.1 Å². The van der Waals surface area contributed by atoms with Crippen LogP contribution < -0.4 is 5.32 Å². The van der Waals surface area contributed by atoms with Crippen LogP contribution in [0.3, 0.4) is 0 Å². The first-order chi connectivity index (χ1) is 18.1. The molecule has 0 bridgehead atoms. The fourth-order valence-corrected chi connectivity index (χ4v) is 5.27. The lowest BCUT2D eigenvalue weighted by Gasteiger charge is -2.37. The van der Waals surface area contributed by atoms with Crippen molar-refractivity contribution in [3.8, 4) is 0 Å². The number of hydrogen-bond donors (Lipinski definition) is 1.